The van der Waals surface area contributed by atoms with Gasteiger partial charge in [-0.2, -0.15) is 5.26 Å². The van der Waals surface area contributed by atoms with Gasteiger partial charge in [0.1, 0.15) is 5.54 Å². The van der Waals surface area contributed by atoms with Gasteiger partial charge in [-0.15, -0.1) is 0 Å². The molecule has 0 amide bonds. The van der Waals surface area contributed by atoms with E-state index >= 15 is 0 Å². The van der Waals surface area contributed by atoms with Crippen LogP contribution in [-0.4, -0.2) is 61.7 Å². The number of likely N-dealkylation sites (N-methyl/N-ethyl adjacent to an activating group) is 1. The molecule has 4 heteroatoms. The first kappa shape index (κ1) is 13.8. The van der Waals surface area contributed by atoms with Gasteiger partial charge >= 0.3 is 0 Å². The van der Waals surface area contributed by atoms with Crippen molar-refractivity contribution >= 4 is 0 Å². The lowest BCUT2D eigenvalue weighted by molar-refractivity contribution is 0.202. The second-order valence-electron chi connectivity index (χ2n) is 5.87. The van der Waals surface area contributed by atoms with Crippen LogP contribution in [0.5, 0.6) is 0 Å². The van der Waals surface area contributed by atoms with Gasteiger partial charge in [-0.3, -0.25) is 0 Å². The molecule has 1 aliphatic heterocycles. The van der Waals surface area contributed by atoms with Crippen LogP contribution in [0.2, 0.25) is 0 Å². The van der Waals surface area contributed by atoms with Crippen molar-refractivity contribution in [3.8, 4) is 6.07 Å². The summed E-state index contributed by atoms with van der Waals surface area (Å²) in [5.41, 5.74) is -0.271. The summed E-state index contributed by atoms with van der Waals surface area (Å²) in [5, 5.41) is 12.5. The number of likely N-dealkylation sites (tertiary alicyclic amines) is 1. The molecule has 1 heterocycles. The summed E-state index contributed by atoms with van der Waals surface area (Å²) < 4.78 is 0. The molecular weight excluding hydrogens is 224 g/mol. The molecule has 4 nitrogen and oxygen atoms in total. The van der Waals surface area contributed by atoms with Gasteiger partial charge in [0.2, 0.25) is 0 Å². The average Bonchev–Trinajstić information content (AvgIpc) is 3.06. The van der Waals surface area contributed by atoms with Gasteiger partial charge in [0.25, 0.3) is 0 Å². The van der Waals surface area contributed by atoms with E-state index in [1.807, 2.05) is 7.05 Å². The first-order valence-electron chi connectivity index (χ1n) is 7.22. The molecule has 1 aliphatic carbocycles. The highest BCUT2D eigenvalue weighted by Gasteiger charge is 2.39. The van der Waals surface area contributed by atoms with Crippen LogP contribution >= 0.6 is 0 Å². The van der Waals surface area contributed by atoms with Crippen LogP contribution < -0.4 is 5.32 Å². The maximum Gasteiger partial charge on any atom is 0.108 e. The molecule has 2 unspecified atom stereocenters. The van der Waals surface area contributed by atoms with Crippen molar-refractivity contribution in [2.24, 2.45) is 0 Å². The average molecular weight is 250 g/mol. The highest BCUT2D eigenvalue weighted by atomic mass is 15.2. The van der Waals surface area contributed by atoms with Gasteiger partial charge in [-0.05, 0) is 59.3 Å². The van der Waals surface area contributed by atoms with Crippen molar-refractivity contribution in [2.45, 2.75) is 43.7 Å². The third kappa shape index (κ3) is 3.03. The molecule has 1 N–H and O–H groups in total. The molecule has 2 atom stereocenters. The molecule has 2 rings (SSSR count). The number of nitriles is 1. The lowest BCUT2D eigenvalue weighted by Crippen LogP contribution is -2.42. The molecule has 0 bridgehead atoms. The topological polar surface area (TPSA) is 42.3 Å². The van der Waals surface area contributed by atoms with E-state index in [9.17, 15) is 5.26 Å². The van der Waals surface area contributed by atoms with E-state index in [1.165, 1.54) is 32.5 Å². The van der Waals surface area contributed by atoms with Crippen molar-refractivity contribution in [1.29, 1.82) is 5.26 Å². The minimum absolute atomic E-state index is 0.271. The summed E-state index contributed by atoms with van der Waals surface area (Å²) >= 11 is 0. The molecule has 18 heavy (non-hydrogen) atoms. The zero-order chi connectivity index (χ0) is 13.0. The van der Waals surface area contributed by atoms with Crippen LogP contribution in [0.3, 0.4) is 0 Å². The number of hydrogen-bond donors (Lipinski definition) is 1. The predicted molar refractivity (Wildman–Crippen MR) is 73.3 cm³/mol. The maximum absolute atomic E-state index is 9.28. The zero-order valence-electron chi connectivity index (χ0n) is 11.8. The van der Waals surface area contributed by atoms with Crippen molar-refractivity contribution < 1.29 is 0 Å². The van der Waals surface area contributed by atoms with Crippen molar-refractivity contribution in [2.75, 3.05) is 40.3 Å². The second kappa shape index (κ2) is 6.01. The Hall–Kier alpha value is -0.630. The Morgan fingerprint density at radius 1 is 1.44 bits per heavy atom. The van der Waals surface area contributed by atoms with Crippen LogP contribution in [0.15, 0.2) is 0 Å². The van der Waals surface area contributed by atoms with Gasteiger partial charge in [-0.1, -0.05) is 0 Å². The first-order valence-corrected chi connectivity index (χ1v) is 7.22. The number of hydrogen-bond acceptors (Lipinski definition) is 4. The quantitative estimate of drug-likeness (QED) is 0.792. The Bertz CT molecular complexity index is 305. The SMILES string of the molecule is CNC1(C#N)CCC(N(C)CCN2CCCC2)C1. The van der Waals surface area contributed by atoms with Gasteiger partial charge in [0.05, 0.1) is 6.07 Å². The molecule has 0 spiro atoms. The van der Waals surface area contributed by atoms with Crippen LogP contribution in [0, 0.1) is 11.3 Å². The molecule has 2 fully saturated rings. The van der Waals surface area contributed by atoms with Crippen molar-refractivity contribution in [3.63, 3.8) is 0 Å². The normalized spacial score (nSPS) is 33.1. The molecule has 1 saturated heterocycles. The molecule has 102 valence electrons. The summed E-state index contributed by atoms with van der Waals surface area (Å²) in [6.45, 7) is 4.87. The Labute approximate surface area is 111 Å². The van der Waals surface area contributed by atoms with Crippen molar-refractivity contribution in [1.82, 2.24) is 15.1 Å². The van der Waals surface area contributed by atoms with E-state index in [4.69, 9.17) is 0 Å². The first-order chi connectivity index (χ1) is 8.69. The number of nitrogens with one attached hydrogen (secondary N) is 1. The van der Waals surface area contributed by atoms with E-state index < -0.39 is 0 Å². The van der Waals surface area contributed by atoms with Crippen LogP contribution in [0.25, 0.3) is 0 Å². The highest BCUT2D eigenvalue weighted by Crippen LogP contribution is 2.31. The molecule has 0 aromatic rings. The molecule has 1 saturated carbocycles. The summed E-state index contributed by atoms with van der Waals surface area (Å²) in [6.07, 6.45) is 5.83. The summed E-state index contributed by atoms with van der Waals surface area (Å²) in [5.74, 6) is 0. The fourth-order valence-corrected chi connectivity index (χ4v) is 3.27. The second-order valence-corrected chi connectivity index (χ2v) is 5.87. The van der Waals surface area contributed by atoms with Gasteiger partial charge in [0, 0.05) is 19.1 Å². The fraction of sp³-hybridized carbons (Fsp3) is 0.929. The zero-order valence-corrected chi connectivity index (χ0v) is 11.8. The summed E-state index contributed by atoms with van der Waals surface area (Å²) in [6, 6.07) is 3.03. The van der Waals surface area contributed by atoms with E-state index in [2.05, 4.69) is 28.2 Å². The lowest BCUT2D eigenvalue weighted by atomic mass is 10.00. The highest BCUT2D eigenvalue weighted by molar-refractivity contribution is 5.12. The Kier molecular flexibility index (Phi) is 4.60. The van der Waals surface area contributed by atoms with Gasteiger partial charge < -0.3 is 15.1 Å². The standard InChI is InChI=1S/C14H26N4/c1-16-14(12-15)6-5-13(11-14)17(2)9-10-18-7-3-4-8-18/h13,16H,3-11H2,1-2H3. The maximum atomic E-state index is 9.28. The van der Waals surface area contributed by atoms with Crippen LogP contribution in [0.1, 0.15) is 32.1 Å². The molecule has 0 radical (unpaired) electrons. The van der Waals surface area contributed by atoms with Crippen molar-refractivity contribution in [3.05, 3.63) is 0 Å². The molecule has 0 aromatic carbocycles. The largest absolute Gasteiger partial charge is 0.302 e. The van der Waals surface area contributed by atoms with E-state index in [-0.39, 0.29) is 5.54 Å². The smallest absolute Gasteiger partial charge is 0.108 e. The molecule has 0 aromatic heterocycles. The van der Waals surface area contributed by atoms with Gasteiger partial charge in [0.15, 0.2) is 0 Å². The number of rotatable bonds is 5. The third-order valence-corrected chi connectivity index (χ3v) is 4.77. The molecular formula is C14H26N4. The Morgan fingerprint density at radius 2 is 2.17 bits per heavy atom. The summed E-state index contributed by atoms with van der Waals surface area (Å²) in [7, 11) is 4.12. The minimum Gasteiger partial charge on any atom is -0.302 e. The van der Waals surface area contributed by atoms with Gasteiger partial charge in [-0.25, -0.2) is 0 Å². The van der Waals surface area contributed by atoms with E-state index in [0.29, 0.717) is 6.04 Å². The Balaban J connectivity index is 1.76. The van der Waals surface area contributed by atoms with Crippen LogP contribution in [-0.2, 0) is 0 Å². The van der Waals surface area contributed by atoms with Crippen LogP contribution in [0.4, 0.5) is 0 Å². The fourth-order valence-electron chi connectivity index (χ4n) is 3.27. The number of nitrogens with zero attached hydrogens (tertiary/aromatic N) is 3. The lowest BCUT2D eigenvalue weighted by Gasteiger charge is -2.28. The summed E-state index contributed by atoms with van der Waals surface area (Å²) in [4.78, 5) is 5.01. The monoisotopic (exact) mass is 250 g/mol. The molecule has 2 aliphatic rings. The third-order valence-electron chi connectivity index (χ3n) is 4.77. The van der Waals surface area contributed by atoms with E-state index in [0.717, 1.165) is 25.8 Å². The van der Waals surface area contributed by atoms with E-state index in [1.54, 1.807) is 0 Å². The minimum atomic E-state index is -0.271. The predicted octanol–water partition coefficient (Wildman–Crippen LogP) is 1.05. The Morgan fingerprint density at radius 3 is 2.72 bits per heavy atom.